The molecule has 0 spiro atoms. The van der Waals surface area contributed by atoms with Crippen LogP contribution in [0.25, 0.3) is 0 Å². The van der Waals surface area contributed by atoms with Crippen LogP contribution in [0.15, 0.2) is 59.1 Å². The molecule has 1 heterocycles. The van der Waals surface area contributed by atoms with Gasteiger partial charge in [0.2, 0.25) is 0 Å². The maximum Gasteiger partial charge on any atom is 0.307 e. The fourth-order valence-corrected chi connectivity index (χ4v) is 4.61. The molecule has 0 aromatic heterocycles. The molecule has 23 heavy (non-hydrogen) atoms. The van der Waals surface area contributed by atoms with E-state index in [4.69, 9.17) is 0 Å². The van der Waals surface area contributed by atoms with Crippen LogP contribution >= 0.6 is 15.9 Å². The van der Waals surface area contributed by atoms with Crippen LogP contribution in [0.5, 0.6) is 0 Å². The van der Waals surface area contributed by atoms with E-state index in [2.05, 4.69) is 15.9 Å². The standard InChI is InChI=1S/C17H17BrFNO2S/c18-15-8-4-7-14(9-15)16-11-20(12-17(16)23(19,21)22)10-13-5-2-1-3-6-13/h1-9,16-17H,10-12H2. The van der Waals surface area contributed by atoms with Gasteiger partial charge in [-0.05, 0) is 23.3 Å². The molecule has 3 rings (SSSR count). The van der Waals surface area contributed by atoms with E-state index in [1.54, 1.807) is 0 Å². The lowest BCUT2D eigenvalue weighted by molar-refractivity contribution is 0.326. The molecule has 0 bridgehead atoms. The highest BCUT2D eigenvalue weighted by Gasteiger charge is 2.42. The van der Waals surface area contributed by atoms with E-state index in [1.165, 1.54) is 0 Å². The molecule has 0 amide bonds. The normalized spacial score (nSPS) is 22.3. The van der Waals surface area contributed by atoms with E-state index in [0.717, 1.165) is 15.6 Å². The Kier molecular flexibility index (Phi) is 4.85. The number of nitrogens with zero attached hydrogens (tertiary/aromatic N) is 1. The van der Waals surface area contributed by atoms with Crippen molar-refractivity contribution >= 4 is 26.2 Å². The second kappa shape index (κ2) is 6.71. The molecule has 1 aliphatic rings. The Bertz CT molecular complexity index is 782. The molecule has 3 nitrogen and oxygen atoms in total. The second-order valence-corrected chi connectivity index (χ2v) is 8.33. The summed E-state index contributed by atoms with van der Waals surface area (Å²) in [5, 5.41) is -1.01. The van der Waals surface area contributed by atoms with Crippen LogP contribution in [0.1, 0.15) is 17.0 Å². The average Bonchev–Trinajstić information content (AvgIpc) is 2.92. The van der Waals surface area contributed by atoms with Gasteiger partial charge < -0.3 is 0 Å². The van der Waals surface area contributed by atoms with Gasteiger partial charge in [0.15, 0.2) is 0 Å². The van der Waals surface area contributed by atoms with E-state index in [1.807, 2.05) is 59.5 Å². The monoisotopic (exact) mass is 397 g/mol. The molecular formula is C17H17BrFNO2S. The minimum absolute atomic E-state index is 0.213. The van der Waals surface area contributed by atoms with Crippen molar-refractivity contribution in [3.63, 3.8) is 0 Å². The van der Waals surface area contributed by atoms with Gasteiger partial charge in [0.25, 0.3) is 0 Å². The molecule has 0 aliphatic carbocycles. The first-order valence-electron chi connectivity index (χ1n) is 7.39. The van der Waals surface area contributed by atoms with Gasteiger partial charge in [-0.2, -0.15) is 8.42 Å². The van der Waals surface area contributed by atoms with Crippen molar-refractivity contribution in [2.24, 2.45) is 0 Å². The number of rotatable bonds is 4. The predicted molar refractivity (Wildman–Crippen MR) is 92.4 cm³/mol. The van der Waals surface area contributed by atoms with Crippen molar-refractivity contribution in [1.29, 1.82) is 0 Å². The number of hydrogen-bond donors (Lipinski definition) is 0. The van der Waals surface area contributed by atoms with E-state index >= 15 is 0 Å². The van der Waals surface area contributed by atoms with Gasteiger partial charge in [0, 0.05) is 30.0 Å². The van der Waals surface area contributed by atoms with Gasteiger partial charge in [0.1, 0.15) is 5.25 Å². The summed E-state index contributed by atoms with van der Waals surface area (Å²) in [4.78, 5) is 2.00. The highest BCUT2D eigenvalue weighted by Crippen LogP contribution is 2.34. The molecule has 2 aromatic rings. The van der Waals surface area contributed by atoms with Crippen LogP contribution in [0.2, 0.25) is 0 Å². The zero-order chi connectivity index (χ0) is 16.4. The zero-order valence-corrected chi connectivity index (χ0v) is 14.8. The highest BCUT2D eigenvalue weighted by molar-refractivity contribution is 9.10. The molecule has 122 valence electrons. The molecule has 1 saturated heterocycles. The number of likely N-dealkylation sites (tertiary alicyclic amines) is 1. The van der Waals surface area contributed by atoms with Crippen LogP contribution < -0.4 is 0 Å². The third-order valence-electron chi connectivity index (χ3n) is 4.23. The maximum atomic E-state index is 13.8. The van der Waals surface area contributed by atoms with Crippen LogP contribution in [0.3, 0.4) is 0 Å². The summed E-state index contributed by atoms with van der Waals surface area (Å²) in [6.45, 7) is 1.36. The van der Waals surface area contributed by atoms with Crippen LogP contribution in [0.4, 0.5) is 3.89 Å². The van der Waals surface area contributed by atoms with Crippen molar-refractivity contribution < 1.29 is 12.3 Å². The zero-order valence-electron chi connectivity index (χ0n) is 12.4. The highest BCUT2D eigenvalue weighted by atomic mass is 79.9. The van der Waals surface area contributed by atoms with Crippen molar-refractivity contribution in [1.82, 2.24) is 4.90 Å². The molecule has 6 heteroatoms. The summed E-state index contributed by atoms with van der Waals surface area (Å²) >= 11 is 3.39. The summed E-state index contributed by atoms with van der Waals surface area (Å²) in [5.41, 5.74) is 1.94. The largest absolute Gasteiger partial charge is 0.307 e. The minimum atomic E-state index is -4.59. The Balaban J connectivity index is 1.85. The molecule has 0 saturated carbocycles. The lowest BCUT2D eigenvalue weighted by Crippen LogP contribution is -2.26. The third-order valence-corrected chi connectivity index (χ3v) is 5.92. The van der Waals surface area contributed by atoms with Crippen molar-refractivity contribution in [2.45, 2.75) is 17.7 Å². The molecule has 2 aromatic carbocycles. The van der Waals surface area contributed by atoms with E-state index in [-0.39, 0.29) is 12.5 Å². The molecule has 1 aliphatic heterocycles. The second-order valence-electron chi connectivity index (χ2n) is 5.86. The number of halogens is 2. The average molecular weight is 398 g/mol. The van der Waals surface area contributed by atoms with Gasteiger partial charge in [-0.25, -0.2) is 0 Å². The van der Waals surface area contributed by atoms with Crippen LogP contribution in [-0.2, 0) is 16.8 Å². The molecular weight excluding hydrogens is 381 g/mol. The molecule has 1 fully saturated rings. The van der Waals surface area contributed by atoms with Gasteiger partial charge in [0.05, 0.1) is 0 Å². The minimum Gasteiger partial charge on any atom is -0.297 e. The Labute approximate surface area is 144 Å². The first kappa shape index (κ1) is 16.6. The third kappa shape index (κ3) is 4.00. The van der Waals surface area contributed by atoms with Gasteiger partial charge in [-0.3, -0.25) is 4.90 Å². The van der Waals surface area contributed by atoms with Crippen LogP contribution in [-0.4, -0.2) is 31.7 Å². The van der Waals surface area contributed by atoms with Gasteiger partial charge in [-0.1, -0.05) is 58.4 Å². The Morgan fingerprint density at radius 3 is 2.48 bits per heavy atom. The Hall–Kier alpha value is -1.24. The van der Waals surface area contributed by atoms with Crippen molar-refractivity contribution in [3.05, 3.63) is 70.2 Å². The van der Waals surface area contributed by atoms with Gasteiger partial charge >= 0.3 is 10.2 Å². The summed E-state index contributed by atoms with van der Waals surface area (Å²) in [6.07, 6.45) is 0. The molecule has 0 N–H and O–H groups in total. The molecule has 0 radical (unpaired) electrons. The Morgan fingerprint density at radius 2 is 1.83 bits per heavy atom. The fraction of sp³-hybridized carbons (Fsp3) is 0.294. The summed E-state index contributed by atoms with van der Waals surface area (Å²) in [5.74, 6) is -0.355. The lowest BCUT2D eigenvalue weighted by atomic mass is 9.98. The number of benzene rings is 2. The van der Waals surface area contributed by atoms with E-state index in [0.29, 0.717) is 13.1 Å². The summed E-state index contributed by atoms with van der Waals surface area (Å²) in [7, 11) is -4.59. The first-order chi connectivity index (χ1) is 10.9. The molecule has 2 atom stereocenters. The smallest absolute Gasteiger partial charge is 0.297 e. The number of hydrogen-bond acceptors (Lipinski definition) is 3. The first-order valence-corrected chi connectivity index (χ1v) is 9.62. The van der Waals surface area contributed by atoms with Gasteiger partial charge in [-0.15, -0.1) is 3.89 Å². The lowest BCUT2D eigenvalue weighted by Gasteiger charge is -2.16. The van der Waals surface area contributed by atoms with Crippen molar-refractivity contribution in [3.8, 4) is 0 Å². The summed E-state index contributed by atoms with van der Waals surface area (Å²) < 4.78 is 37.8. The van der Waals surface area contributed by atoms with E-state index < -0.39 is 15.5 Å². The summed E-state index contributed by atoms with van der Waals surface area (Å²) in [6, 6.07) is 17.3. The Morgan fingerprint density at radius 1 is 1.09 bits per heavy atom. The maximum absolute atomic E-state index is 13.8. The van der Waals surface area contributed by atoms with E-state index in [9.17, 15) is 12.3 Å². The SMILES string of the molecule is O=S(=O)(F)C1CN(Cc2ccccc2)CC1c1cccc(Br)c1. The predicted octanol–water partition coefficient (Wildman–Crippen LogP) is 3.72. The topological polar surface area (TPSA) is 37.4 Å². The van der Waals surface area contributed by atoms with Crippen LogP contribution in [0, 0.1) is 0 Å². The van der Waals surface area contributed by atoms with Crippen molar-refractivity contribution in [2.75, 3.05) is 13.1 Å². The fourth-order valence-electron chi connectivity index (χ4n) is 3.17. The molecule has 2 unspecified atom stereocenters. The quantitative estimate of drug-likeness (QED) is 0.737.